The minimum Gasteiger partial charge on any atom is -0.463 e. The van der Waals surface area contributed by atoms with Crippen LogP contribution >= 0.6 is 11.8 Å². The average molecular weight is 409 g/mol. The fraction of sp³-hybridized carbons (Fsp3) is 0.182. The monoisotopic (exact) mass is 409 g/mol. The maximum Gasteiger partial charge on any atom is 0.263 e. The van der Waals surface area contributed by atoms with Crippen molar-refractivity contribution in [2.24, 2.45) is 0 Å². The Labute approximate surface area is 172 Å². The second kappa shape index (κ2) is 8.96. The average Bonchev–Trinajstić information content (AvgIpc) is 3.22. The van der Waals surface area contributed by atoms with Gasteiger partial charge in [0.25, 0.3) is 5.91 Å². The molecule has 1 aliphatic rings. The van der Waals surface area contributed by atoms with Crippen molar-refractivity contribution in [3.63, 3.8) is 0 Å². The number of rotatable bonds is 7. The second-order valence-corrected chi connectivity index (χ2v) is 7.58. The van der Waals surface area contributed by atoms with E-state index < -0.39 is 6.86 Å². The predicted molar refractivity (Wildman–Crippen MR) is 114 cm³/mol. The van der Waals surface area contributed by atoms with Gasteiger partial charge in [-0.25, -0.2) is 4.39 Å². The van der Waals surface area contributed by atoms with Crippen molar-refractivity contribution in [1.82, 2.24) is 10.3 Å². The van der Waals surface area contributed by atoms with Crippen LogP contribution in [0.2, 0.25) is 0 Å². The summed E-state index contributed by atoms with van der Waals surface area (Å²) in [4.78, 5) is 17.8. The first-order valence-corrected chi connectivity index (χ1v) is 10.3. The Morgan fingerprint density at radius 2 is 1.97 bits per heavy atom. The van der Waals surface area contributed by atoms with E-state index in [1.54, 1.807) is 42.2 Å². The third-order valence-corrected chi connectivity index (χ3v) is 5.77. The predicted octanol–water partition coefficient (Wildman–Crippen LogP) is 4.62. The molecule has 5 nitrogen and oxygen atoms in total. The van der Waals surface area contributed by atoms with E-state index in [9.17, 15) is 9.18 Å². The number of anilines is 1. The molecule has 0 spiro atoms. The lowest BCUT2D eigenvalue weighted by Gasteiger charge is -2.12. The van der Waals surface area contributed by atoms with Gasteiger partial charge in [0.05, 0.1) is 10.4 Å². The Kier molecular flexibility index (Phi) is 5.95. The van der Waals surface area contributed by atoms with Crippen LogP contribution in [0.3, 0.4) is 0 Å². The highest BCUT2D eigenvalue weighted by Gasteiger charge is 2.22. The minimum absolute atomic E-state index is 0.145. The van der Waals surface area contributed by atoms with Gasteiger partial charge in [0, 0.05) is 35.3 Å². The van der Waals surface area contributed by atoms with Crippen molar-refractivity contribution in [2.75, 3.05) is 17.9 Å². The van der Waals surface area contributed by atoms with E-state index in [2.05, 4.69) is 21.7 Å². The number of carbonyl (C=O) groups is 1. The molecule has 1 aliphatic heterocycles. The number of pyridine rings is 1. The van der Waals surface area contributed by atoms with Gasteiger partial charge in [0.15, 0.2) is 0 Å². The molecule has 2 N–H and O–H groups in total. The van der Waals surface area contributed by atoms with Gasteiger partial charge >= 0.3 is 0 Å². The first-order valence-electron chi connectivity index (χ1n) is 9.27. The maximum absolute atomic E-state index is 12.7. The van der Waals surface area contributed by atoms with Crippen molar-refractivity contribution >= 4 is 34.3 Å². The number of aromatic nitrogens is 1. The molecule has 3 aromatic rings. The van der Waals surface area contributed by atoms with E-state index in [0.29, 0.717) is 22.9 Å². The number of amides is 1. The third-order valence-electron chi connectivity index (χ3n) is 4.64. The standard InChI is InChI=1S/C22H20FN3O2S/c23-14-28-17-7-5-16(6-8-17)26-22(27)21-20(10-12-29-21)25-13-15-9-11-24-19-4-2-1-3-18(15)19/h1-9,11,25H,10,12-14H2,(H,26,27). The summed E-state index contributed by atoms with van der Waals surface area (Å²) in [6.45, 7) is -0.248. The summed E-state index contributed by atoms with van der Waals surface area (Å²) in [5, 5.41) is 7.44. The van der Waals surface area contributed by atoms with Crippen LogP contribution in [-0.2, 0) is 11.3 Å². The Morgan fingerprint density at radius 1 is 1.14 bits per heavy atom. The zero-order valence-corrected chi connectivity index (χ0v) is 16.5. The molecule has 2 aromatic carbocycles. The first-order chi connectivity index (χ1) is 14.2. The lowest BCUT2D eigenvalue weighted by molar-refractivity contribution is -0.112. The molecule has 0 unspecified atom stereocenters. The first kappa shape index (κ1) is 19.3. The molecular weight excluding hydrogens is 389 g/mol. The molecule has 0 fully saturated rings. The van der Waals surface area contributed by atoms with Crippen molar-refractivity contribution in [2.45, 2.75) is 13.0 Å². The van der Waals surface area contributed by atoms with Gasteiger partial charge in [-0.05, 0) is 48.4 Å². The summed E-state index contributed by atoms with van der Waals surface area (Å²) in [7, 11) is 0. The Hall–Kier alpha value is -3.06. The zero-order valence-electron chi connectivity index (χ0n) is 15.7. The summed E-state index contributed by atoms with van der Waals surface area (Å²) in [5.41, 5.74) is 3.69. The number of nitrogens with one attached hydrogen (secondary N) is 2. The largest absolute Gasteiger partial charge is 0.463 e. The number of thioether (sulfide) groups is 1. The van der Waals surface area contributed by atoms with Crippen LogP contribution in [0.4, 0.5) is 10.1 Å². The number of alkyl halides is 1. The summed E-state index contributed by atoms with van der Waals surface area (Å²) in [6, 6.07) is 16.7. The van der Waals surface area contributed by atoms with Crippen LogP contribution in [0.1, 0.15) is 12.0 Å². The molecule has 0 saturated heterocycles. The molecule has 0 atom stereocenters. The third kappa shape index (κ3) is 4.51. The van der Waals surface area contributed by atoms with E-state index in [0.717, 1.165) is 34.3 Å². The molecule has 4 rings (SSSR count). The van der Waals surface area contributed by atoms with Crippen molar-refractivity contribution < 1.29 is 13.9 Å². The van der Waals surface area contributed by atoms with E-state index >= 15 is 0 Å². The molecule has 2 heterocycles. The zero-order chi connectivity index (χ0) is 20.1. The summed E-state index contributed by atoms with van der Waals surface area (Å²) >= 11 is 1.55. The van der Waals surface area contributed by atoms with Crippen LogP contribution in [0, 0.1) is 0 Å². The molecule has 148 valence electrons. The maximum atomic E-state index is 12.7. The highest BCUT2D eigenvalue weighted by atomic mass is 32.2. The summed E-state index contributed by atoms with van der Waals surface area (Å²) < 4.78 is 17.0. The number of allylic oxidation sites excluding steroid dienone is 1. The fourth-order valence-electron chi connectivity index (χ4n) is 3.22. The molecule has 0 aliphatic carbocycles. The number of fused-ring (bicyclic) bond motifs is 1. The second-order valence-electron chi connectivity index (χ2n) is 6.48. The van der Waals surface area contributed by atoms with Crippen LogP contribution in [0.25, 0.3) is 10.9 Å². The molecular formula is C22H20FN3O2S. The van der Waals surface area contributed by atoms with E-state index in [1.807, 2.05) is 24.3 Å². The van der Waals surface area contributed by atoms with Gasteiger partial charge in [-0.2, -0.15) is 0 Å². The van der Waals surface area contributed by atoms with Gasteiger partial charge in [-0.3, -0.25) is 9.78 Å². The molecule has 0 saturated carbocycles. The van der Waals surface area contributed by atoms with Crippen molar-refractivity contribution in [1.29, 1.82) is 0 Å². The molecule has 1 amide bonds. The topological polar surface area (TPSA) is 63.2 Å². The number of halogens is 1. The molecule has 0 bridgehead atoms. The van der Waals surface area contributed by atoms with Crippen molar-refractivity contribution in [3.8, 4) is 5.75 Å². The van der Waals surface area contributed by atoms with Crippen LogP contribution in [0.5, 0.6) is 5.75 Å². The Balaban J connectivity index is 1.45. The van der Waals surface area contributed by atoms with Crippen LogP contribution in [0.15, 0.2) is 71.4 Å². The SMILES string of the molecule is O=C(Nc1ccc(OCF)cc1)C1=C(NCc2ccnc3ccccc23)CCS1. The number of nitrogens with zero attached hydrogens (tertiary/aromatic N) is 1. The molecule has 1 aromatic heterocycles. The van der Waals surface area contributed by atoms with Gasteiger partial charge in [0.1, 0.15) is 5.75 Å². The Morgan fingerprint density at radius 3 is 2.79 bits per heavy atom. The smallest absolute Gasteiger partial charge is 0.263 e. The highest BCUT2D eigenvalue weighted by Crippen LogP contribution is 2.31. The number of carbonyl (C=O) groups excluding carboxylic acids is 1. The highest BCUT2D eigenvalue weighted by molar-refractivity contribution is 8.04. The van der Waals surface area contributed by atoms with E-state index in [-0.39, 0.29) is 5.91 Å². The Bertz CT molecular complexity index is 1050. The van der Waals surface area contributed by atoms with Gasteiger partial charge in [0.2, 0.25) is 6.86 Å². The number of hydrogen-bond acceptors (Lipinski definition) is 5. The normalized spacial score (nSPS) is 13.6. The van der Waals surface area contributed by atoms with Gasteiger partial charge in [-0.15, -0.1) is 11.8 Å². The number of benzene rings is 2. The molecule has 0 radical (unpaired) electrons. The van der Waals surface area contributed by atoms with Gasteiger partial charge < -0.3 is 15.4 Å². The summed E-state index contributed by atoms with van der Waals surface area (Å²) in [6.07, 6.45) is 2.63. The number of ether oxygens (including phenoxy) is 1. The van der Waals surface area contributed by atoms with Crippen LogP contribution < -0.4 is 15.4 Å². The summed E-state index contributed by atoms with van der Waals surface area (Å²) in [5.74, 6) is 1.14. The lowest BCUT2D eigenvalue weighted by Crippen LogP contribution is -2.19. The minimum atomic E-state index is -0.878. The van der Waals surface area contributed by atoms with Crippen LogP contribution in [-0.4, -0.2) is 23.5 Å². The molecule has 7 heteroatoms. The van der Waals surface area contributed by atoms with Gasteiger partial charge in [-0.1, -0.05) is 18.2 Å². The molecule has 29 heavy (non-hydrogen) atoms. The van der Waals surface area contributed by atoms with E-state index in [1.165, 1.54) is 0 Å². The number of para-hydroxylation sites is 1. The lowest BCUT2D eigenvalue weighted by atomic mass is 10.1. The quantitative estimate of drug-likeness (QED) is 0.596. The van der Waals surface area contributed by atoms with E-state index in [4.69, 9.17) is 4.74 Å². The van der Waals surface area contributed by atoms with Crippen molar-refractivity contribution in [3.05, 3.63) is 77.0 Å². The fourth-order valence-corrected chi connectivity index (χ4v) is 4.26. The number of hydrogen-bond donors (Lipinski definition) is 2.